The number of allylic oxidation sites excluding steroid dienone is 2. The van der Waals surface area contributed by atoms with Gasteiger partial charge in [0.05, 0.1) is 0 Å². The largest absolute Gasteiger partial charge is 0.342 e. The number of hydrogen-bond acceptors (Lipinski definition) is 2. The lowest BCUT2D eigenvalue weighted by Gasteiger charge is -2.26. The van der Waals surface area contributed by atoms with Gasteiger partial charge in [-0.3, -0.25) is 4.79 Å². The lowest BCUT2D eigenvalue weighted by Crippen LogP contribution is -2.38. The molecule has 2 atom stereocenters. The maximum atomic E-state index is 12.6. The highest BCUT2D eigenvalue weighted by Gasteiger charge is 2.27. The molecule has 1 aromatic rings. The minimum Gasteiger partial charge on any atom is -0.342 e. The zero-order valence-corrected chi connectivity index (χ0v) is 13.2. The first-order valence-corrected chi connectivity index (χ1v) is 9.00. The standard InChI is InChI=1S/C18H23NOS/c20-18(16-9-5-2-6-10-16)19-12-11-17(21-14-13-19)15-7-3-1-4-8-15/h1-5,7-8,16-17H,6,9-14H2. The van der Waals surface area contributed by atoms with Gasteiger partial charge < -0.3 is 4.90 Å². The Morgan fingerprint density at radius 1 is 1.10 bits per heavy atom. The van der Waals surface area contributed by atoms with Gasteiger partial charge in [0.25, 0.3) is 0 Å². The Kier molecular flexibility index (Phi) is 5.02. The van der Waals surface area contributed by atoms with Crippen molar-refractivity contribution in [2.24, 2.45) is 5.92 Å². The van der Waals surface area contributed by atoms with Crippen LogP contribution in [0.3, 0.4) is 0 Å². The van der Waals surface area contributed by atoms with Crippen LogP contribution >= 0.6 is 11.8 Å². The molecule has 3 rings (SSSR count). The van der Waals surface area contributed by atoms with Gasteiger partial charge in [-0.15, -0.1) is 0 Å². The monoisotopic (exact) mass is 301 g/mol. The zero-order chi connectivity index (χ0) is 14.5. The van der Waals surface area contributed by atoms with E-state index in [1.165, 1.54) is 5.56 Å². The maximum absolute atomic E-state index is 12.6. The van der Waals surface area contributed by atoms with E-state index in [-0.39, 0.29) is 5.92 Å². The summed E-state index contributed by atoms with van der Waals surface area (Å²) in [6.45, 7) is 1.82. The SMILES string of the molecule is O=C(C1CC=CCC1)N1CCSC(c2ccccc2)CC1. The van der Waals surface area contributed by atoms with Crippen molar-refractivity contribution >= 4 is 17.7 Å². The summed E-state index contributed by atoms with van der Waals surface area (Å²) in [6.07, 6.45) is 8.47. The van der Waals surface area contributed by atoms with Gasteiger partial charge in [0, 0.05) is 30.0 Å². The van der Waals surface area contributed by atoms with Crippen LogP contribution in [0.2, 0.25) is 0 Å². The van der Waals surface area contributed by atoms with E-state index < -0.39 is 0 Å². The first-order valence-electron chi connectivity index (χ1n) is 7.95. The predicted molar refractivity (Wildman–Crippen MR) is 89.3 cm³/mol. The Morgan fingerprint density at radius 3 is 2.71 bits per heavy atom. The summed E-state index contributed by atoms with van der Waals surface area (Å²) in [6, 6.07) is 10.7. The van der Waals surface area contributed by atoms with Crippen molar-refractivity contribution in [3.05, 3.63) is 48.0 Å². The topological polar surface area (TPSA) is 20.3 Å². The molecular weight excluding hydrogens is 278 g/mol. The highest BCUT2D eigenvalue weighted by atomic mass is 32.2. The lowest BCUT2D eigenvalue weighted by molar-refractivity contribution is -0.135. The molecule has 0 radical (unpaired) electrons. The van der Waals surface area contributed by atoms with Gasteiger partial charge in [0.1, 0.15) is 0 Å². The summed E-state index contributed by atoms with van der Waals surface area (Å²) >= 11 is 2.00. The molecule has 1 fully saturated rings. The number of rotatable bonds is 2. The highest BCUT2D eigenvalue weighted by Crippen LogP contribution is 2.34. The number of amides is 1. The van der Waals surface area contributed by atoms with E-state index in [1.807, 2.05) is 11.8 Å². The van der Waals surface area contributed by atoms with E-state index >= 15 is 0 Å². The van der Waals surface area contributed by atoms with E-state index in [2.05, 4.69) is 47.4 Å². The van der Waals surface area contributed by atoms with Crippen LogP contribution in [0.1, 0.15) is 36.5 Å². The molecule has 0 bridgehead atoms. The molecule has 1 heterocycles. The van der Waals surface area contributed by atoms with E-state index in [0.717, 1.165) is 44.5 Å². The molecule has 3 heteroatoms. The Hall–Kier alpha value is -1.22. The molecule has 2 unspecified atom stereocenters. The van der Waals surface area contributed by atoms with Gasteiger partial charge in [-0.25, -0.2) is 0 Å². The third-order valence-electron chi connectivity index (χ3n) is 4.44. The smallest absolute Gasteiger partial charge is 0.226 e. The quantitative estimate of drug-likeness (QED) is 0.768. The third-order valence-corrected chi connectivity index (χ3v) is 5.77. The van der Waals surface area contributed by atoms with E-state index in [4.69, 9.17) is 0 Å². The second-order valence-corrected chi connectivity index (χ2v) is 7.18. The lowest BCUT2D eigenvalue weighted by atomic mass is 9.93. The normalized spacial score (nSPS) is 26.4. The summed E-state index contributed by atoms with van der Waals surface area (Å²) in [5.74, 6) is 1.66. The number of thioether (sulfide) groups is 1. The minimum absolute atomic E-state index is 0.230. The first kappa shape index (κ1) is 14.7. The molecule has 0 saturated carbocycles. The molecule has 1 aromatic carbocycles. The fraction of sp³-hybridized carbons (Fsp3) is 0.500. The number of carbonyl (C=O) groups is 1. The Balaban J connectivity index is 1.60. The second kappa shape index (κ2) is 7.17. The van der Waals surface area contributed by atoms with Gasteiger partial charge in [-0.2, -0.15) is 11.8 Å². The Labute approximate surface area is 131 Å². The molecule has 2 aliphatic rings. The summed E-state index contributed by atoms with van der Waals surface area (Å²) in [5, 5.41) is 0.537. The second-order valence-electron chi connectivity index (χ2n) is 5.87. The predicted octanol–water partition coefficient (Wildman–Crippen LogP) is 4.05. The fourth-order valence-corrected chi connectivity index (χ4v) is 4.43. The molecule has 0 aromatic heterocycles. The van der Waals surface area contributed by atoms with E-state index in [1.54, 1.807) is 0 Å². The summed E-state index contributed by atoms with van der Waals surface area (Å²) < 4.78 is 0. The van der Waals surface area contributed by atoms with Crippen molar-refractivity contribution in [1.82, 2.24) is 4.90 Å². The molecule has 2 nitrogen and oxygen atoms in total. The molecular formula is C18H23NOS. The van der Waals surface area contributed by atoms with Gasteiger partial charge in [0.2, 0.25) is 5.91 Å². The highest BCUT2D eigenvalue weighted by molar-refractivity contribution is 7.99. The molecule has 0 spiro atoms. The number of hydrogen-bond donors (Lipinski definition) is 0. The van der Waals surface area contributed by atoms with Crippen LogP contribution in [0.15, 0.2) is 42.5 Å². The average molecular weight is 301 g/mol. The molecule has 112 valence electrons. The van der Waals surface area contributed by atoms with Crippen molar-refractivity contribution in [2.45, 2.75) is 30.9 Å². The molecule has 1 amide bonds. The van der Waals surface area contributed by atoms with Crippen LogP contribution in [0.5, 0.6) is 0 Å². The Morgan fingerprint density at radius 2 is 1.95 bits per heavy atom. The molecule has 1 saturated heterocycles. The van der Waals surface area contributed by atoms with Gasteiger partial charge in [-0.1, -0.05) is 42.5 Å². The number of nitrogens with zero attached hydrogens (tertiary/aromatic N) is 1. The van der Waals surface area contributed by atoms with Crippen LogP contribution in [0.25, 0.3) is 0 Å². The Bertz CT molecular complexity index is 499. The van der Waals surface area contributed by atoms with Crippen LogP contribution < -0.4 is 0 Å². The minimum atomic E-state index is 0.230. The van der Waals surface area contributed by atoms with Crippen LogP contribution in [0.4, 0.5) is 0 Å². The van der Waals surface area contributed by atoms with Crippen molar-refractivity contribution < 1.29 is 4.79 Å². The molecule has 21 heavy (non-hydrogen) atoms. The van der Waals surface area contributed by atoms with Gasteiger partial charge in [-0.05, 0) is 31.2 Å². The molecule has 1 aliphatic carbocycles. The van der Waals surface area contributed by atoms with Gasteiger partial charge in [0.15, 0.2) is 0 Å². The fourth-order valence-electron chi connectivity index (χ4n) is 3.20. The number of carbonyl (C=O) groups excluding carboxylic acids is 1. The van der Waals surface area contributed by atoms with E-state index in [9.17, 15) is 4.79 Å². The summed E-state index contributed by atoms with van der Waals surface area (Å²) in [4.78, 5) is 14.7. The average Bonchev–Trinajstić information content (AvgIpc) is 2.82. The van der Waals surface area contributed by atoms with Gasteiger partial charge >= 0.3 is 0 Å². The summed E-state index contributed by atoms with van der Waals surface area (Å²) in [5.41, 5.74) is 1.40. The molecule has 1 aliphatic heterocycles. The molecule has 0 N–H and O–H groups in total. The number of benzene rings is 1. The van der Waals surface area contributed by atoms with Crippen LogP contribution in [-0.4, -0.2) is 29.6 Å². The van der Waals surface area contributed by atoms with Crippen molar-refractivity contribution in [3.8, 4) is 0 Å². The maximum Gasteiger partial charge on any atom is 0.226 e. The van der Waals surface area contributed by atoms with Crippen molar-refractivity contribution in [3.63, 3.8) is 0 Å². The third kappa shape index (κ3) is 3.70. The van der Waals surface area contributed by atoms with Crippen LogP contribution in [-0.2, 0) is 4.79 Å². The van der Waals surface area contributed by atoms with Crippen molar-refractivity contribution in [1.29, 1.82) is 0 Å². The van der Waals surface area contributed by atoms with Crippen molar-refractivity contribution in [2.75, 3.05) is 18.8 Å². The van der Waals surface area contributed by atoms with Crippen LogP contribution in [0, 0.1) is 5.92 Å². The van der Waals surface area contributed by atoms with E-state index in [0.29, 0.717) is 11.2 Å². The first-order chi connectivity index (χ1) is 10.3. The zero-order valence-electron chi connectivity index (χ0n) is 12.4. The summed E-state index contributed by atoms with van der Waals surface area (Å²) in [7, 11) is 0.